The molecular formula is C18H20ClN3S. The van der Waals surface area contributed by atoms with Crippen LogP contribution in [0, 0.1) is 13.8 Å². The van der Waals surface area contributed by atoms with Crippen molar-refractivity contribution in [2.45, 2.75) is 33.5 Å². The van der Waals surface area contributed by atoms with Crippen molar-refractivity contribution >= 4 is 22.9 Å². The lowest BCUT2D eigenvalue weighted by molar-refractivity contribution is 0.653. The standard InChI is InChI=1S/C18H20ClN3S/c1-13-17(10-20-9-15-7-8-23-12-15)14(2)22(21-13)11-16-5-3-4-6-18(16)19/h3-8,12,20H,9-11H2,1-2H3. The van der Waals surface area contributed by atoms with Crippen molar-refractivity contribution in [3.63, 3.8) is 0 Å². The van der Waals surface area contributed by atoms with E-state index in [-0.39, 0.29) is 0 Å². The van der Waals surface area contributed by atoms with Gasteiger partial charge in [-0.3, -0.25) is 4.68 Å². The Morgan fingerprint density at radius 1 is 1.17 bits per heavy atom. The molecule has 0 saturated carbocycles. The second-order valence-corrected chi connectivity index (χ2v) is 6.82. The van der Waals surface area contributed by atoms with Gasteiger partial charge in [0.25, 0.3) is 0 Å². The average Bonchev–Trinajstić information content (AvgIpc) is 3.13. The smallest absolute Gasteiger partial charge is 0.0677 e. The molecular weight excluding hydrogens is 326 g/mol. The Morgan fingerprint density at radius 3 is 2.74 bits per heavy atom. The molecule has 0 aliphatic heterocycles. The zero-order valence-electron chi connectivity index (χ0n) is 13.3. The molecule has 0 amide bonds. The van der Waals surface area contributed by atoms with Crippen LogP contribution in [0.3, 0.4) is 0 Å². The molecule has 0 atom stereocenters. The summed E-state index contributed by atoms with van der Waals surface area (Å²) in [5.74, 6) is 0. The van der Waals surface area contributed by atoms with E-state index in [1.807, 2.05) is 28.9 Å². The zero-order valence-corrected chi connectivity index (χ0v) is 14.9. The van der Waals surface area contributed by atoms with Gasteiger partial charge in [-0.2, -0.15) is 16.4 Å². The first-order valence-electron chi connectivity index (χ1n) is 7.63. The van der Waals surface area contributed by atoms with E-state index < -0.39 is 0 Å². The van der Waals surface area contributed by atoms with Crippen molar-refractivity contribution < 1.29 is 0 Å². The van der Waals surface area contributed by atoms with Gasteiger partial charge in [0.15, 0.2) is 0 Å². The van der Waals surface area contributed by atoms with Crippen LogP contribution >= 0.6 is 22.9 Å². The molecule has 1 aromatic carbocycles. The molecule has 0 aliphatic rings. The Balaban J connectivity index is 1.70. The van der Waals surface area contributed by atoms with Crippen LogP contribution in [0.1, 0.15) is 28.1 Å². The number of nitrogens with zero attached hydrogens (tertiary/aromatic N) is 2. The average molecular weight is 346 g/mol. The van der Waals surface area contributed by atoms with E-state index in [4.69, 9.17) is 11.6 Å². The molecule has 120 valence electrons. The Hall–Kier alpha value is -1.62. The minimum atomic E-state index is 0.705. The van der Waals surface area contributed by atoms with E-state index in [1.165, 1.54) is 16.8 Å². The van der Waals surface area contributed by atoms with Crippen molar-refractivity contribution in [1.29, 1.82) is 0 Å². The van der Waals surface area contributed by atoms with Crippen molar-refractivity contribution in [3.05, 3.63) is 74.2 Å². The van der Waals surface area contributed by atoms with Gasteiger partial charge in [0.2, 0.25) is 0 Å². The molecule has 0 saturated heterocycles. The summed E-state index contributed by atoms with van der Waals surface area (Å²) in [5.41, 5.74) is 5.96. The fraction of sp³-hybridized carbons (Fsp3) is 0.278. The van der Waals surface area contributed by atoms with Crippen LogP contribution < -0.4 is 5.32 Å². The van der Waals surface area contributed by atoms with Gasteiger partial charge in [-0.25, -0.2) is 0 Å². The molecule has 3 rings (SSSR count). The molecule has 0 bridgehead atoms. The summed E-state index contributed by atoms with van der Waals surface area (Å²) in [5, 5.41) is 13.3. The number of nitrogens with one attached hydrogen (secondary N) is 1. The van der Waals surface area contributed by atoms with E-state index >= 15 is 0 Å². The molecule has 5 heteroatoms. The predicted molar refractivity (Wildman–Crippen MR) is 97.1 cm³/mol. The highest BCUT2D eigenvalue weighted by Gasteiger charge is 2.12. The quantitative estimate of drug-likeness (QED) is 0.710. The van der Waals surface area contributed by atoms with E-state index in [1.54, 1.807) is 11.3 Å². The summed E-state index contributed by atoms with van der Waals surface area (Å²) >= 11 is 7.99. The van der Waals surface area contributed by atoms with Gasteiger partial charge >= 0.3 is 0 Å². The molecule has 1 N–H and O–H groups in total. The second-order valence-electron chi connectivity index (χ2n) is 5.63. The van der Waals surface area contributed by atoms with Crippen molar-refractivity contribution in [3.8, 4) is 0 Å². The van der Waals surface area contributed by atoms with Crippen LogP contribution in [0.15, 0.2) is 41.1 Å². The van der Waals surface area contributed by atoms with E-state index in [2.05, 4.69) is 41.1 Å². The minimum Gasteiger partial charge on any atom is -0.308 e. The van der Waals surface area contributed by atoms with Crippen molar-refractivity contribution in [2.24, 2.45) is 0 Å². The molecule has 0 radical (unpaired) electrons. The fourth-order valence-corrected chi connectivity index (χ4v) is 3.52. The summed E-state index contributed by atoms with van der Waals surface area (Å²) < 4.78 is 2.04. The molecule has 2 heterocycles. The van der Waals surface area contributed by atoms with Gasteiger partial charge in [0, 0.05) is 29.4 Å². The third-order valence-corrected chi connectivity index (χ3v) is 5.12. The lowest BCUT2D eigenvalue weighted by atomic mass is 10.2. The molecule has 3 aromatic rings. The molecule has 2 aromatic heterocycles. The number of halogens is 1. The van der Waals surface area contributed by atoms with Crippen LogP contribution in [0.5, 0.6) is 0 Å². The lowest BCUT2D eigenvalue weighted by Crippen LogP contribution is -2.13. The van der Waals surface area contributed by atoms with Crippen LogP contribution in [0.2, 0.25) is 5.02 Å². The van der Waals surface area contributed by atoms with Gasteiger partial charge in [-0.15, -0.1) is 0 Å². The summed E-state index contributed by atoms with van der Waals surface area (Å²) in [7, 11) is 0. The maximum absolute atomic E-state index is 6.26. The molecule has 0 spiro atoms. The van der Waals surface area contributed by atoms with E-state index in [9.17, 15) is 0 Å². The van der Waals surface area contributed by atoms with Crippen molar-refractivity contribution in [1.82, 2.24) is 15.1 Å². The number of benzene rings is 1. The van der Waals surface area contributed by atoms with E-state index in [0.717, 1.165) is 29.4 Å². The Kier molecular flexibility index (Phi) is 5.16. The van der Waals surface area contributed by atoms with Crippen LogP contribution in [-0.2, 0) is 19.6 Å². The van der Waals surface area contributed by atoms with Crippen LogP contribution in [0.25, 0.3) is 0 Å². The van der Waals surface area contributed by atoms with Gasteiger partial charge in [0.1, 0.15) is 0 Å². The molecule has 0 fully saturated rings. The van der Waals surface area contributed by atoms with Gasteiger partial charge in [-0.05, 0) is 47.9 Å². The van der Waals surface area contributed by atoms with Gasteiger partial charge < -0.3 is 5.32 Å². The molecule has 23 heavy (non-hydrogen) atoms. The van der Waals surface area contributed by atoms with Crippen LogP contribution in [-0.4, -0.2) is 9.78 Å². The Morgan fingerprint density at radius 2 is 2.00 bits per heavy atom. The number of aryl methyl sites for hydroxylation is 1. The van der Waals surface area contributed by atoms with Crippen LogP contribution in [0.4, 0.5) is 0 Å². The third-order valence-electron chi connectivity index (χ3n) is 4.02. The maximum Gasteiger partial charge on any atom is 0.0677 e. The Labute approximate surface area is 145 Å². The second kappa shape index (κ2) is 7.30. The van der Waals surface area contributed by atoms with E-state index in [0.29, 0.717) is 6.54 Å². The third kappa shape index (κ3) is 3.83. The van der Waals surface area contributed by atoms with Gasteiger partial charge in [-0.1, -0.05) is 29.8 Å². The first-order chi connectivity index (χ1) is 11.1. The largest absolute Gasteiger partial charge is 0.308 e. The number of rotatable bonds is 6. The number of hydrogen-bond acceptors (Lipinski definition) is 3. The highest BCUT2D eigenvalue weighted by molar-refractivity contribution is 7.07. The lowest BCUT2D eigenvalue weighted by Gasteiger charge is -2.08. The van der Waals surface area contributed by atoms with Crippen molar-refractivity contribution in [2.75, 3.05) is 0 Å². The molecule has 0 unspecified atom stereocenters. The Bertz CT molecular complexity index is 778. The summed E-state index contributed by atoms with van der Waals surface area (Å²) in [4.78, 5) is 0. The number of aromatic nitrogens is 2. The summed E-state index contributed by atoms with van der Waals surface area (Å²) in [6, 6.07) is 10.1. The summed E-state index contributed by atoms with van der Waals surface area (Å²) in [6.45, 7) is 6.61. The maximum atomic E-state index is 6.26. The normalized spacial score (nSPS) is 11.1. The zero-order chi connectivity index (χ0) is 16.2. The number of thiophene rings is 1. The highest BCUT2D eigenvalue weighted by Crippen LogP contribution is 2.19. The molecule has 3 nitrogen and oxygen atoms in total. The molecule has 0 aliphatic carbocycles. The summed E-state index contributed by atoms with van der Waals surface area (Å²) in [6.07, 6.45) is 0. The topological polar surface area (TPSA) is 29.9 Å². The fourth-order valence-electron chi connectivity index (χ4n) is 2.66. The first-order valence-corrected chi connectivity index (χ1v) is 8.95. The predicted octanol–water partition coefficient (Wildman–Crippen LogP) is 4.55. The minimum absolute atomic E-state index is 0.705. The number of hydrogen-bond donors (Lipinski definition) is 1. The monoisotopic (exact) mass is 345 g/mol. The first kappa shape index (κ1) is 16.2. The SMILES string of the molecule is Cc1nn(Cc2ccccc2Cl)c(C)c1CNCc1ccsc1. The highest BCUT2D eigenvalue weighted by atomic mass is 35.5. The van der Waals surface area contributed by atoms with Gasteiger partial charge in [0.05, 0.1) is 12.2 Å².